The first-order valence-electron chi connectivity index (χ1n) is 3.35. The van der Waals surface area contributed by atoms with Crippen molar-refractivity contribution in [2.24, 2.45) is 0 Å². The number of hydroxylamine groups is 2. The van der Waals surface area contributed by atoms with E-state index in [1.807, 2.05) is 6.92 Å². The highest BCUT2D eigenvalue weighted by atomic mass is 16.5. The Labute approximate surface area is 60.8 Å². The minimum atomic E-state index is -0.0653. The Morgan fingerprint density at radius 3 is 2.70 bits per heavy atom. The topological polar surface area (TPSA) is 52.6 Å². The number of carbonyl (C=O) groups is 1. The first-order valence-corrected chi connectivity index (χ1v) is 3.35. The maximum Gasteiger partial charge on any atom is 0.216 e. The molecule has 2 N–H and O–H groups in total. The van der Waals surface area contributed by atoms with Crippen LogP contribution in [0.2, 0.25) is 0 Å². The zero-order valence-corrected chi connectivity index (χ0v) is 6.42. The van der Waals surface area contributed by atoms with Crippen LogP contribution in [0, 0.1) is 0 Å². The zero-order valence-electron chi connectivity index (χ0n) is 6.42. The molecule has 0 saturated carbocycles. The maximum absolute atomic E-state index is 10.3. The second kappa shape index (κ2) is 5.20. The maximum atomic E-state index is 10.3. The van der Waals surface area contributed by atoms with Crippen molar-refractivity contribution < 1.29 is 10.0 Å². The molecule has 0 aliphatic rings. The van der Waals surface area contributed by atoms with Gasteiger partial charge in [0.25, 0.3) is 0 Å². The van der Waals surface area contributed by atoms with E-state index in [1.54, 1.807) is 0 Å². The van der Waals surface area contributed by atoms with Gasteiger partial charge in [-0.2, -0.15) is 5.06 Å². The van der Waals surface area contributed by atoms with E-state index >= 15 is 0 Å². The predicted octanol–water partition coefficient (Wildman–Crippen LogP) is -0.166. The first kappa shape index (κ1) is 9.39. The van der Waals surface area contributed by atoms with Gasteiger partial charge in [-0.05, 0) is 0 Å². The van der Waals surface area contributed by atoms with Crippen LogP contribution < -0.4 is 5.32 Å². The molecular weight excluding hydrogens is 132 g/mol. The van der Waals surface area contributed by atoms with Gasteiger partial charge in [0.1, 0.15) is 0 Å². The van der Waals surface area contributed by atoms with Crippen LogP contribution in [0.4, 0.5) is 0 Å². The Balaban J connectivity index is 3.11. The van der Waals surface area contributed by atoms with Gasteiger partial charge >= 0.3 is 0 Å². The minimum absolute atomic E-state index is 0.0653. The lowest BCUT2D eigenvalue weighted by molar-refractivity contribution is -0.120. The summed E-state index contributed by atoms with van der Waals surface area (Å²) in [5, 5.41) is 12.6. The number of nitrogens with zero attached hydrogens (tertiary/aromatic N) is 1. The van der Waals surface area contributed by atoms with Gasteiger partial charge in [-0.1, -0.05) is 6.92 Å². The molecule has 4 heteroatoms. The molecule has 0 fully saturated rings. The van der Waals surface area contributed by atoms with Crippen LogP contribution in [0.3, 0.4) is 0 Å². The fraction of sp³-hybridized carbons (Fsp3) is 0.833. The minimum Gasteiger partial charge on any atom is -0.355 e. The lowest BCUT2D eigenvalue weighted by atomic mass is 10.5. The molecular formula is C6H14N2O2. The van der Waals surface area contributed by atoms with Gasteiger partial charge in [-0.3, -0.25) is 4.79 Å². The standard InChI is InChI=1S/C6H14N2O2/c1-3-8(10)5-4-7-6(2)9/h10H,3-5H2,1-2H3,(H,7,9). The fourth-order valence-corrected chi connectivity index (χ4v) is 0.519. The Hall–Kier alpha value is -0.610. The van der Waals surface area contributed by atoms with E-state index in [0.717, 1.165) is 5.06 Å². The highest BCUT2D eigenvalue weighted by molar-refractivity contribution is 5.72. The largest absolute Gasteiger partial charge is 0.355 e. The fourth-order valence-electron chi connectivity index (χ4n) is 0.519. The number of rotatable bonds is 4. The molecule has 0 aliphatic carbocycles. The smallest absolute Gasteiger partial charge is 0.216 e. The second-order valence-corrected chi connectivity index (χ2v) is 2.03. The molecule has 0 bridgehead atoms. The quantitative estimate of drug-likeness (QED) is 0.541. The Bertz CT molecular complexity index is 106. The van der Waals surface area contributed by atoms with Gasteiger partial charge in [0.15, 0.2) is 0 Å². The van der Waals surface area contributed by atoms with Gasteiger partial charge < -0.3 is 10.5 Å². The van der Waals surface area contributed by atoms with E-state index in [2.05, 4.69) is 5.32 Å². The zero-order chi connectivity index (χ0) is 7.98. The van der Waals surface area contributed by atoms with Crippen LogP contribution in [-0.4, -0.2) is 35.8 Å². The molecule has 1 amide bonds. The summed E-state index contributed by atoms with van der Waals surface area (Å²) in [5.41, 5.74) is 0. The lowest BCUT2D eigenvalue weighted by Crippen LogP contribution is -2.31. The van der Waals surface area contributed by atoms with Crippen LogP contribution in [0.5, 0.6) is 0 Å². The van der Waals surface area contributed by atoms with Crippen molar-refractivity contribution in [3.63, 3.8) is 0 Å². The SMILES string of the molecule is CCN(O)CCNC(C)=O. The second-order valence-electron chi connectivity index (χ2n) is 2.03. The van der Waals surface area contributed by atoms with Gasteiger partial charge in [0, 0.05) is 26.6 Å². The molecule has 0 aromatic carbocycles. The molecule has 0 spiro atoms. The summed E-state index contributed by atoms with van der Waals surface area (Å²) >= 11 is 0. The van der Waals surface area contributed by atoms with Crippen LogP contribution in [-0.2, 0) is 4.79 Å². The van der Waals surface area contributed by atoms with Gasteiger partial charge in [-0.15, -0.1) is 0 Å². The third-order valence-corrected chi connectivity index (χ3v) is 1.11. The molecule has 4 nitrogen and oxygen atoms in total. The molecule has 0 aliphatic heterocycles. The van der Waals surface area contributed by atoms with Gasteiger partial charge in [0.05, 0.1) is 0 Å². The summed E-state index contributed by atoms with van der Waals surface area (Å²) in [6.45, 7) is 4.86. The number of likely N-dealkylation sites (N-methyl/N-ethyl adjacent to an activating group) is 1. The average Bonchev–Trinajstić information content (AvgIpc) is 1.87. The van der Waals surface area contributed by atoms with Crippen LogP contribution in [0.25, 0.3) is 0 Å². The van der Waals surface area contributed by atoms with Crippen molar-refractivity contribution in [1.29, 1.82) is 0 Å². The predicted molar refractivity (Wildman–Crippen MR) is 37.7 cm³/mol. The number of hydrogen-bond acceptors (Lipinski definition) is 3. The van der Waals surface area contributed by atoms with Gasteiger partial charge in [-0.25, -0.2) is 0 Å². The van der Waals surface area contributed by atoms with Crippen molar-refractivity contribution in [1.82, 2.24) is 10.4 Å². The van der Waals surface area contributed by atoms with Crippen LogP contribution in [0.1, 0.15) is 13.8 Å². The summed E-state index contributed by atoms with van der Waals surface area (Å²) in [7, 11) is 0. The third kappa shape index (κ3) is 5.53. The number of nitrogens with one attached hydrogen (secondary N) is 1. The average molecular weight is 146 g/mol. The normalized spacial score (nSPS) is 10.0. The summed E-state index contributed by atoms with van der Waals surface area (Å²) < 4.78 is 0. The van der Waals surface area contributed by atoms with E-state index in [0.29, 0.717) is 19.6 Å². The monoisotopic (exact) mass is 146 g/mol. The van der Waals surface area contributed by atoms with E-state index in [-0.39, 0.29) is 5.91 Å². The molecule has 60 valence electrons. The highest BCUT2D eigenvalue weighted by Crippen LogP contribution is 1.76. The molecule has 0 unspecified atom stereocenters. The molecule has 0 aromatic heterocycles. The molecule has 0 heterocycles. The molecule has 0 radical (unpaired) electrons. The molecule has 0 atom stereocenters. The van der Waals surface area contributed by atoms with Crippen molar-refractivity contribution in [3.05, 3.63) is 0 Å². The van der Waals surface area contributed by atoms with Crippen molar-refractivity contribution in [2.75, 3.05) is 19.6 Å². The van der Waals surface area contributed by atoms with E-state index in [4.69, 9.17) is 5.21 Å². The van der Waals surface area contributed by atoms with E-state index in [1.165, 1.54) is 6.92 Å². The van der Waals surface area contributed by atoms with Crippen molar-refractivity contribution >= 4 is 5.91 Å². The van der Waals surface area contributed by atoms with E-state index in [9.17, 15) is 4.79 Å². The molecule has 0 aromatic rings. The van der Waals surface area contributed by atoms with Crippen LogP contribution >= 0.6 is 0 Å². The highest BCUT2D eigenvalue weighted by Gasteiger charge is 1.95. The molecule has 10 heavy (non-hydrogen) atoms. The third-order valence-electron chi connectivity index (χ3n) is 1.11. The summed E-state index contributed by atoms with van der Waals surface area (Å²) in [6, 6.07) is 0. The first-order chi connectivity index (χ1) is 4.66. The van der Waals surface area contributed by atoms with Gasteiger partial charge in [0.2, 0.25) is 5.91 Å². The number of hydrogen-bond donors (Lipinski definition) is 2. The van der Waals surface area contributed by atoms with Crippen LogP contribution in [0.15, 0.2) is 0 Å². The summed E-state index contributed by atoms with van der Waals surface area (Å²) in [5.74, 6) is -0.0653. The van der Waals surface area contributed by atoms with Crippen molar-refractivity contribution in [3.8, 4) is 0 Å². The van der Waals surface area contributed by atoms with Crippen molar-refractivity contribution in [2.45, 2.75) is 13.8 Å². The lowest BCUT2D eigenvalue weighted by Gasteiger charge is -2.10. The Kier molecular flexibility index (Phi) is 4.88. The summed E-state index contributed by atoms with van der Waals surface area (Å²) in [6.07, 6.45) is 0. The Morgan fingerprint density at radius 1 is 1.70 bits per heavy atom. The molecule has 0 saturated heterocycles. The number of carbonyl (C=O) groups excluding carboxylic acids is 1. The molecule has 0 rings (SSSR count). The number of amides is 1. The summed E-state index contributed by atoms with van der Waals surface area (Å²) in [4.78, 5) is 10.3. The Morgan fingerprint density at radius 2 is 2.30 bits per heavy atom. The van der Waals surface area contributed by atoms with E-state index < -0.39 is 0 Å².